The van der Waals surface area contributed by atoms with Crippen LogP contribution in [0.1, 0.15) is 15.2 Å². The van der Waals surface area contributed by atoms with Gasteiger partial charge in [0.05, 0.1) is 0 Å². The molecular formula is C16H19ClN2O2S. The topological polar surface area (TPSA) is 50.4 Å². The molecule has 0 bridgehead atoms. The van der Waals surface area contributed by atoms with Gasteiger partial charge in [0.2, 0.25) is 0 Å². The van der Waals surface area contributed by atoms with Crippen LogP contribution in [0.25, 0.3) is 0 Å². The molecule has 1 aromatic carbocycles. The fourth-order valence-electron chi connectivity index (χ4n) is 2.11. The van der Waals surface area contributed by atoms with E-state index in [0.29, 0.717) is 18.1 Å². The molecule has 22 heavy (non-hydrogen) atoms. The Balaban J connectivity index is 0.00000176. The predicted molar refractivity (Wildman–Crippen MR) is 91.0 cm³/mol. The molecule has 0 saturated carbocycles. The van der Waals surface area contributed by atoms with Crippen LogP contribution in [0.4, 0.5) is 0 Å². The first-order valence-electron chi connectivity index (χ1n) is 7.05. The summed E-state index contributed by atoms with van der Waals surface area (Å²) in [6, 6.07) is 11.4. The van der Waals surface area contributed by atoms with E-state index in [-0.39, 0.29) is 18.3 Å². The van der Waals surface area contributed by atoms with E-state index in [1.165, 1.54) is 4.88 Å². The van der Waals surface area contributed by atoms with Crippen molar-refractivity contribution in [3.8, 4) is 5.75 Å². The average Bonchev–Trinajstić information content (AvgIpc) is 2.97. The van der Waals surface area contributed by atoms with Gasteiger partial charge in [-0.3, -0.25) is 4.79 Å². The van der Waals surface area contributed by atoms with E-state index in [1.54, 1.807) is 17.4 Å². The third-order valence-electron chi connectivity index (χ3n) is 3.47. The zero-order valence-corrected chi connectivity index (χ0v) is 13.7. The van der Waals surface area contributed by atoms with Crippen LogP contribution in [-0.2, 0) is 6.61 Å². The molecule has 118 valence electrons. The number of amides is 1. The first-order chi connectivity index (χ1) is 10.3. The number of rotatable bonds is 6. The molecule has 2 heterocycles. The Labute approximate surface area is 140 Å². The number of halogens is 1. The minimum absolute atomic E-state index is 0. The van der Waals surface area contributed by atoms with E-state index < -0.39 is 0 Å². The standard InChI is InChI=1S/C16H18N2O2S.ClH/c19-16(18-10-12-8-17-9-12)13-3-1-4-14(7-13)20-11-15-5-2-6-21-15;/h1-7,12,17H,8-11H2,(H,18,19);1H. The van der Waals surface area contributed by atoms with E-state index in [4.69, 9.17) is 4.74 Å². The van der Waals surface area contributed by atoms with Gasteiger partial charge in [0.1, 0.15) is 12.4 Å². The van der Waals surface area contributed by atoms with Crippen molar-refractivity contribution < 1.29 is 9.53 Å². The Hall–Kier alpha value is -1.56. The molecule has 1 fully saturated rings. The molecule has 1 aromatic heterocycles. The highest BCUT2D eigenvalue weighted by Gasteiger charge is 2.17. The molecule has 1 amide bonds. The summed E-state index contributed by atoms with van der Waals surface area (Å²) < 4.78 is 5.72. The highest BCUT2D eigenvalue weighted by Crippen LogP contribution is 2.17. The van der Waals surface area contributed by atoms with Gasteiger partial charge < -0.3 is 15.4 Å². The normalized spacial score (nSPS) is 13.8. The van der Waals surface area contributed by atoms with Crippen molar-refractivity contribution in [3.63, 3.8) is 0 Å². The highest BCUT2D eigenvalue weighted by atomic mass is 35.5. The first kappa shape index (κ1) is 16.8. The van der Waals surface area contributed by atoms with Gasteiger partial charge in [0.25, 0.3) is 5.91 Å². The molecule has 1 aliphatic heterocycles. The Morgan fingerprint density at radius 2 is 2.18 bits per heavy atom. The first-order valence-corrected chi connectivity index (χ1v) is 7.93. The van der Waals surface area contributed by atoms with Crippen molar-refractivity contribution >= 4 is 29.7 Å². The molecule has 2 aromatic rings. The van der Waals surface area contributed by atoms with Crippen LogP contribution in [-0.4, -0.2) is 25.5 Å². The number of benzene rings is 1. The Kier molecular flexibility index (Phi) is 6.24. The molecule has 1 aliphatic rings. The van der Waals surface area contributed by atoms with Crippen molar-refractivity contribution in [2.45, 2.75) is 6.61 Å². The predicted octanol–water partition coefficient (Wildman–Crippen LogP) is 2.70. The van der Waals surface area contributed by atoms with Gasteiger partial charge >= 0.3 is 0 Å². The lowest BCUT2D eigenvalue weighted by molar-refractivity contribution is 0.0941. The Morgan fingerprint density at radius 1 is 1.32 bits per heavy atom. The quantitative estimate of drug-likeness (QED) is 0.851. The number of nitrogens with one attached hydrogen (secondary N) is 2. The van der Waals surface area contributed by atoms with Crippen LogP contribution in [0, 0.1) is 5.92 Å². The molecule has 6 heteroatoms. The van der Waals surface area contributed by atoms with Crippen LogP contribution >= 0.6 is 23.7 Å². The second-order valence-electron chi connectivity index (χ2n) is 5.13. The van der Waals surface area contributed by atoms with E-state index in [9.17, 15) is 4.79 Å². The van der Waals surface area contributed by atoms with Crippen LogP contribution in [0.3, 0.4) is 0 Å². The van der Waals surface area contributed by atoms with Gasteiger partial charge in [-0.15, -0.1) is 23.7 Å². The SMILES string of the molecule is Cl.O=C(NCC1CNC1)c1cccc(OCc2cccs2)c1. The van der Waals surface area contributed by atoms with Crippen molar-refractivity contribution in [1.29, 1.82) is 0 Å². The van der Waals surface area contributed by atoms with Gasteiger partial charge in [-0.2, -0.15) is 0 Å². The molecule has 0 unspecified atom stereocenters. The van der Waals surface area contributed by atoms with Crippen LogP contribution in [0.15, 0.2) is 41.8 Å². The summed E-state index contributed by atoms with van der Waals surface area (Å²) in [5, 5.41) is 8.18. The number of carbonyl (C=O) groups excluding carboxylic acids is 1. The smallest absolute Gasteiger partial charge is 0.251 e. The molecule has 0 radical (unpaired) electrons. The largest absolute Gasteiger partial charge is 0.488 e. The molecular weight excluding hydrogens is 320 g/mol. The summed E-state index contributed by atoms with van der Waals surface area (Å²) in [6.45, 7) is 3.25. The lowest BCUT2D eigenvalue weighted by atomic mass is 10.0. The van der Waals surface area contributed by atoms with Gasteiger partial charge in [-0.25, -0.2) is 0 Å². The summed E-state index contributed by atoms with van der Waals surface area (Å²) in [6.07, 6.45) is 0. The molecule has 2 N–H and O–H groups in total. The summed E-state index contributed by atoms with van der Waals surface area (Å²) in [7, 11) is 0. The maximum atomic E-state index is 12.1. The van der Waals surface area contributed by atoms with Crippen molar-refractivity contribution in [2.24, 2.45) is 5.92 Å². The lowest BCUT2D eigenvalue weighted by Gasteiger charge is -2.27. The fraction of sp³-hybridized carbons (Fsp3) is 0.312. The fourth-order valence-corrected chi connectivity index (χ4v) is 2.72. The second-order valence-corrected chi connectivity index (χ2v) is 6.16. The number of carbonyl (C=O) groups is 1. The van der Waals surface area contributed by atoms with Gasteiger partial charge in [0, 0.05) is 36.0 Å². The maximum absolute atomic E-state index is 12.1. The highest BCUT2D eigenvalue weighted by molar-refractivity contribution is 7.09. The van der Waals surface area contributed by atoms with E-state index >= 15 is 0 Å². The Bertz CT molecular complexity index is 600. The molecule has 1 saturated heterocycles. The molecule has 3 rings (SSSR count). The molecule has 0 aliphatic carbocycles. The van der Waals surface area contributed by atoms with Gasteiger partial charge in [-0.1, -0.05) is 12.1 Å². The molecule has 4 nitrogen and oxygen atoms in total. The number of ether oxygens (including phenoxy) is 1. The van der Waals surface area contributed by atoms with Crippen molar-refractivity contribution in [1.82, 2.24) is 10.6 Å². The zero-order valence-electron chi connectivity index (χ0n) is 12.1. The zero-order chi connectivity index (χ0) is 14.5. The lowest BCUT2D eigenvalue weighted by Crippen LogP contribution is -2.48. The second kappa shape index (κ2) is 8.17. The van der Waals surface area contributed by atoms with Crippen molar-refractivity contribution in [2.75, 3.05) is 19.6 Å². The molecule has 0 spiro atoms. The third kappa shape index (κ3) is 4.47. The summed E-state index contributed by atoms with van der Waals surface area (Å²) in [5.41, 5.74) is 0.644. The Morgan fingerprint density at radius 3 is 2.86 bits per heavy atom. The number of hydrogen-bond donors (Lipinski definition) is 2. The van der Waals surface area contributed by atoms with Crippen LogP contribution in [0.2, 0.25) is 0 Å². The van der Waals surface area contributed by atoms with Crippen LogP contribution in [0.5, 0.6) is 5.75 Å². The van der Waals surface area contributed by atoms with Gasteiger partial charge in [-0.05, 0) is 29.6 Å². The monoisotopic (exact) mass is 338 g/mol. The van der Waals surface area contributed by atoms with Crippen molar-refractivity contribution in [3.05, 3.63) is 52.2 Å². The van der Waals surface area contributed by atoms with Gasteiger partial charge in [0.15, 0.2) is 0 Å². The van der Waals surface area contributed by atoms with E-state index in [1.807, 2.05) is 35.7 Å². The number of hydrogen-bond acceptors (Lipinski definition) is 4. The molecule has 0 atom stereocenters. The summed E-state index contributed by atoms with van der Waals surface area (Å²) >= 11 is 1.66. The third-order valence-corrected chi connectivity index (χ3v) is 4.32. The van der Waals surface area contributed by atoms with Crippen LogP contribution < -0.4 is 15.4 Å². The number of thiophene rings is 1. The summed E-state index contributed by atoms with van der Waals surface area (Å²) in [5.74, 6) is 1.25. The minimum Gasteiger partial charge on any atom is -0.488 e. The maximum Gasteiger partial charge on any atom is 0.251 e. The van der Waals surface area contributed by atoms with E-state index in [2.05, 4.69) is 10.6 Å². The summed E-state index contributed by atoms with van der Waals surface area (Å²) in [4.78, 5) is 13.3. The average molecular weight is 339 g/mol. The minimum atomic E-state index is -0.0385. The van der Waals surface area contributed by atoms with E-state index in [0.717, 1.165) is 25.4 Å².